The van der Waals surface area contributed by atoms with Crippen molar-refractivity contribution < 1.29 is 8.42 Å². The molecule has 0 aliphatic carbocycles. The number of hydrogen-bond donors (Lipinski definition) is 2. The zero-order valence-electron chi connectivity index (χ0n) is 11.0. The molecule has 8 heteroatoms. The Morgan fingerprint density at radius 2 is 2.00 bits per heavy atom. The molecule has 21 heavy (non-hydrogen) atoms. The number of anilines is 1. The minimum absolute atomic E-state index is 0.0828. The van der Waals surface area contributed by atoms with Crippen molar-refractivity contribution >= 4 is 38.9 Å². The summed E-state index contributed by atoms with van der Waals surface area (Å²) in [6.07, 6.45) is 1.37. The van der Waals surface area contributed by atoms with E-state index in [1.807, 2.05) is 0 Å². The average molecular weight is 346 g/mol. The van der Waals surface area contributed by atoms with E-state index >= 15 is 0 Å². The Bertz CT molecular complexity index is 766. The van der Waals surface area contributed by atoms with E-state index in [0.717, 1.165) is 0 Å². The number of benzene rings is 1. The SMILES string of the molecule is CC(NS(=O)(=O)c1ncccc1N)c1ccc(Cl)cc1Cl. The number of halogens is 2. The zero-order valence-corrected chi connectivity index (χ0v) is 13.4. The van der Waals surface area contributed by atoms with Gasteiger partial charge in [-0.05, 0) is 36.8 Å². The van der Waals surface area contributed by atoms with Crippen LogP contribution in [0, 0.1) is 0 Å². The molecule has 0 aliphatic heterocycles. The number of rotatable bonds is 4. The van der Waals surface area contributed by atoms with Gasteiger partial charge in [0.1, 0.15) is 0 Å². The van der Waals surface area contributed by atoms with Crippen molar-refractivity contribution in [3.63, 3.8) is 0 Å². The lowest BCUT2D eigenvalue weighted by atomic mass is 10.1. The lowest BCUT2D eigenvalue weighted by Gasteiger charge is -2.16. The molecule has 0 aliphatic rings. The van der Waals surface area contributed by atoms with Crippen molar-refractivity contribution in [3.05, 3.63) is 52.1 Å². The molecule has 3 N–H and O–H groups in total. The fraction of sp³-hybridized carbons (Fsp3) is 0.154. The molecule has 1 atom stereocenters. The van der Waals surface area contributed by atoms with Gasteiger partial charge in [-0.15, -0.1) is 0 Å². The quantitative estimate of drug-likeness (QED) is 0.891. The van der Waals surface area contributed by atoms with Crippen LogP contribution in [0.15, 0.2) is 41.6 Å². The van der Waals surface area contributed by atoms with Gasteiger partial charge < -0.3 is 5.73 Å². The second kappa shape index (κ2) is 6.19. The summed E-state index contributed by atoms with van der Waals surface area (Å²) in [5.41, 5.74) is 6.34. The number of sulfonamides is 1. The second-order valence-electron chi connectivity index (χ2n) is 4.41. The largest absolute Gasteiger partial charge is 0.396 e. The molecule has 0 saturated carbocycles. The first-order valence-corrected chi connectivity index (χ1v) is 8.23. The Labute approximate surface area is 133 Å². The molecule has 112 valence electrons. The molecule has 1 heterocycles. The summed E-state index contributed by atoms with van der Waals surface area (Å²) < 4.78 is 27.1. The van der Waals surface area contributed by atoms with Gasteiger partial charge in [0.15, 0.2) is 5.03 Å². The molecule has 1 aromatic carbocycles. The Hall–Kier alpha value is -1.34. The van der Waals surface area contributed by atoms with Crippen LogP contribution in [0.2, 0.25) is 10.0 Å². The van der Waals surface area contributed by atoms with E-state index in [1.165, 1.54) is 12.3 Å². The number of pyridine rings is 1. The maximum atomic E-state index is 12.3. The lowest BCUT2D eigenvalue weighted by Crippen LogP contribution is -2.28. The van der Waals surface area contributed by atoms with Crippen molar-refractivity contribution in [2.45, 2.75) is 18.0 Å². The maximum Gasteiger partial charge on any atom is 0.260 e. The highest BCUT2D eigenvalue weighted by molar-refractivity contribution is 7.89. The molecule has 2 rings (SSSR count). The van der Waals surface area contributed by atoms with Crippen LogP contribution in [0.3, 0.4) is 0 Å². The third-order valence-electron chi connectivity index (χ3n) is 2.82. The van der Waals surface area contributed by atoms with Gasteiger partial charge in [-0.1, -0.05) is 29.3 Å². The lowest BCUT2D eigenvalue weighted by molar-refractivity contribution is 0.564. The van der Waals surface area contributed by atoms with E-state index < -0.39 is 16.1 Å². The van der Waals surface area contributed by atoms with Gasteiger partial charge in [0.05, 0.1) is 5.69 Å². The first-order valence-electron chi connectivity index (χ1n) is 5.99. The zero-order chi connectivity index (χ0) is 15.6. The molecule has 0 radical (unpaired) electrons. The van der Waals surface area contributed by atoms with Gasteiger partial charge in [0, 0.05) is 22.3 Å². The highest BCUT2D eigenvalue weighted by Crippen LogP contribution is 2.27. The van der Waals surface area contributed by atoms with E-state index in [1.54, 1.807) is 31.2 Å². The number of aromatic nitrogens is 1. The minimum Gasteiger partial charge on any atom is -0.396 e. The molecular formula is C13H13Cl2N3O2S. The molecule has 0 bridgehead atoms. The van der Waals surface area contributed by atoms with Crippen LogP contribution in [0.4, 0.5) is 5.69 Å². The number of nitrogens with one attached hydrogen (secondary N) is 1. The van der Waals surface area contributed by atoms with Gasteiger partial charge in [-0.3, -0.25) is 0 Å². The summed E-state index contributed by atoms with van der Waals surface area (Å²) >= 11 is 11.9. The van der Waals surface area contributed by atoms with Gasteiger partial charge in [0.2, 0.25) is 0 Å². The monoisotopic (exact) mass is 345 g/mol. The van der Waals surface area contributed by atoms with Gasteiger partial charge in [-0.2, -0.15) is 0 Å². The third kappa shape index (κ3) is 3.65. The van der Waals surface area contributed by atoms with Crippen LogP contribution in [-0.4, -0.2) is 13.4 Å². The number of hydrogen-bond acceptors (Lipinski definition) is 4. The van der Waals surface area contributed by atoms with E-state index in [-0.39, 0.29) is 10.7 Å². The van der Waals surface area contributed by atoms with Crippen LogP contribution >= 0.6 is 23.2 Å². The summed E-state index contributed by atoms with van der Waals surface area (Å²) in [6.45, 7) is 1.67. The second-order valence-corrected chi connectivity index (χ2v) is 6.88. The molecule has 1 unspecified atom stereocenters. The van der Waals surface area contributed by atoms with Gasteiger partial charge >= 0.3 is 0 Å². The predicted molar refractivity (Wildman–Crippen MR) is 83.8 cm³/mol. The van der Waals surface area contributed by atoms with Crippen molar-refractivity contribution in [1.82, 2.24) is 9.71 Å². The number of nitrogens with zero attached hydrogens (tertiary/aromatic N) is 1. The molecule has 0 fully saturated rings. The Kier molecular flexibility index (Phi) is 4.73. The molecular weight excluding hydrogens is 333 g/mol. The highest BCUT2D eigenvalue weighted by Gasteiger charge is 2.23. The average Bonchev–Trinajstić information content (AvgIpc) is 2.38. The molecule has 0 spiro atoms. The van der Waals surface area contributed by atoms with Crippen molar-refractivity contribution in [3.8, 4) is 0 Å². The number of nitrogens with two attached hydrogens (primary N) is 1. The van der Waals surface area contributed by atoms with E-state index in [0.29, 0.717) is 15.6 Å². The molecule has 2 aromatic rings. The fourth-order valence-electron chi connectivity index (χ4n) is 1.83. The summed E-state index contributed by atoms with van der Waals surface area (Å²) in [4.78, 5) is 3.80. The molecule has 0 amide bonds. The molecule has 5 nitrogen and oxygen atoms in total. The Balaban J connectivity index is 2.30. The third-order valence-corrected chi connectivity index (χ3v) is 4.89. The van der Waals surface area contributed by atoms with Gasteiger partial charge in [0.25, 0.3) is 10.0 Å². The van der Waals surface area contributed by atoms with Crippen LogP contribution in [0.1, 0.15) is 18.5 Å². The van der Waals surface area contributed by atoms with Crippen LogP contribution < -0.4 is 10.5 Å². The summed E-state index contributed by atoms with van der Waals surface area (Å²) in [6, 6.07) is 7.34. The fourth-order valence-corrected chi connectivity index (χ4v) is 3.69. The van der Waals surface area contributed by atoms with E-state index in [9.17, 15) is 8.42 Å². The number of nitrogen functional groups attached to an aromatic ring is 1. The standard InChI is InChI=1S/C13H13Cl2N3O2S/c1-8(10-5-4-9(14)7-11(10)15)18-21(19,20)13-12(16)3-2-6-17-13/h2-8,18H,16H2,1H3. The first-order chi connectivity index (χ1) is 9.81. The van der Waals surface area contributed by atoms with Crippen LogP contribution in [-0.2, 0) is 10.0 Å². The van der Waals surface area contributed by atoms with Crippen molar-refractivity contribution in [1.29, 1.82) is 0 Å². The van der Waals surface area contributed by atoms with Crippen LogP contribution in [0.5, 0.6) is 0 Å². The normalized spacial score (nSPS) is 13.1. The maximum absolute atomic E-state index is 12.3. The van der Waals surface area contributed by atoms with E-state index in [2.05, 4.69) is 9.71 Å². The van der Waals surface area contributed by atoms with Crippen LogP contribution in [0.25, 0.3) is 0 Å². The van der Waals surface area contributed by atoms with Crippen molar-refractivity contribution in [2.24, 2.45) is 0 Å². The van der Waals surface area contributed by atoms with Gasteiger partial charge in [-0.25, -0.2) is 18.1 Å². The topological polar surface area (TPSA) is 85.1 Å². The Morgan fingerprint density at radius 1 is 1.29 bits per heavy atom. The predicted octanol–water partition coefficient (Wildman–Crippen LogP) is 3.01. The molecule has 1 aromatic heterocycles. The summed E-state index contributed by atoms with van der Waals surface area (Å²) in [5, 5.41) is 0.654. The molecule has 0 saturated heterocycles. The minimum atomic E-state index is -3.84. The summed E-state index contributed by atoms with van der Waals surface area (Å²) in [5.74, 6) is 0. The van der Waals surface area contributed by atoms with Crippen molar-refractivity contribution in [2.75, 3.05) is 5.73 Å². The first kappa shape index (κ1) is 16.0. The highest BCUT2D eigenvalue weighted by atomic mass is 35.5. The smallest absolute Gasteiger partial charge is 0.260 e. The summed E-state index contributed by atoms with van der Waals surface area (Å²) in [7, 11) is -3.84. The Morgan fingerprint density at radius 3 is 2.62 bits per heavy atom. The van der Waals surface area contributed by atoms with E-state index in [4.69, 9.17) is 28.9 Å².